The minimum atomic E-state index is -1.74. The molecule has 60 heavy (non-hydrogen) atoms. The molecule has 8 N–H and O–H groups in total. The summed E-state index contributed by atoms with van der Waals surface area (Å²) >= 11 is 0. The van der Waals surface area contributed by atoms with Gasteiger partial charge in [-0.1, -0.05) is 93.8 Å². The number of nitrogens with two attached hydrogens (primary N) is 2. The molecule has 13 unspecified atom stereocenters. The van der Waals surface area contributed by atoms with Gasteiger partial charge in [-0.2, -0.15) is 0 Å². The molecule has 0 aliphatic heterocycles. The molecule has 0 aromatic heterocycles. The molecule has 10 heteroatoms. The summed E-state index contributed by atoms with van der Waals surface area (Å²) in [5.74, 6) is 3.38. The number of aliphatic imine (C=N–C) groups is 1. The van der Waals surface area contributed by atoms with Crippen molar-refractivity contribution in [3.05, 3.63) is 89.1 Å². The predicted molar refractivity (Wildman–Crippen MR) is 228 cm³/mol. The fourth-order valence-electron chi connectivity index (χ4n) is 15.4. The van der Waals surface area contributed by atoms with Gasteiger partial charge in [0.1, 0.15) is 11.4 Å². The molecule has 10 nitrogen and oxygen atoms in total. The highest BCUT2D eigenvalue weighted by Gasteiger charge is 2.84. The van der Waals surface area contributed by atoms with Crippen molar-refractivity contribution in [2.45, 2.75) is 121 Å². The zero-order chi connectivity index (χ0) is 42.7. The first-order valence-corrected chi connectivity index (χ1v) is 22.0. The summed E-state index contributed by atoms with van der Waals surface area (Å²) in [6, 6.07) is 9.21. The molecular weight excluding hydrogens is 755 g/mol. The second-order valence-electron chi connectivity index (χ2n) is 19.9. The van der Waals surface area contributed by atoms with Gasteiger partial charge in [0.25, 0.3) is 0 Å². The molecule has 3 fully saturated rings. The Morgan fingerprint density at radius 3 is 2.48 bits per heavy atom. The molecule has 1 aromatic carbocycles. The Balaban J connectivity index is 1.38. The van der Waals surface area contributed by atoms with Gasteiger partial charge in [-0.15, -0.1) is 11.8 Å². The van der Waals surface area contributed by atoms with Crippen molar-refractivity contribution in [2.24, 2.45) is 67.2 Å². The topological polar surface area (TPSA) is 197 Å². The number of carboxylic acids is 1. The van der Waals surface area contributed by atoms with Gasteiger partial charge < -0.3 is 31.9 Å². The smallest absolute Gasteiger partial charge is 0.331 e. The van der Waals surface area contributed by atoms with Gasteiger partial charge in [0.05, 0.1) is 17.7 Å². The zero-order valence-electron chi connectivity index (χ0n) is 35.0. The molecular formula is C50H59N3O7. The second-order valence-corrected chi connectivity index (χ2v) is 19.9. The number of carbonyl (C=O) groups excluding carboxylic acids is 2. The molecule has 0 saturated heterocycles. The predicted octanol–water partition coefficient (Wildman–Crippen LogP) is 5.97. The van der Waals surface area contributed by atoms with Gasteiger partial charge in [-0.3, -0.25) is 9.59 Å². The molecule has 1 aromatic rings. The van der Waals surface area contributed by atoms with Crippen LogP contribution < -0.4 is 11.5 Å². The van der Waals surface area contributed by atoms with Crippen molar-refractivity contribution in [1.82, 2.24) is 0 Å². The van der Waals surface area contributed by atoms with Gasteiger partial charge in [0.2, 0.25) is 0 Å². The number of hydrogen-bond acceptors (Lipinski definition) is 7. The minimum absolute atomic E-state index is 0.0249. The van der Waals surface area contributed by atoms with Crippen LogP contribution in [0.1, 0.15) is 103 Å². The van der Waals surface area contributed by atoms with Gasteiger partial charge in [0, 0.05) is 70.3 Å². The molecule has 0 radical (unpaired) electrons. The maximum atomic E-state index is 16.0. The van der Waals surface area contributed by atoms with Crippen molar-refractivity contribution < 1.29 is 34.8 Å². The third kappa shape index (κ3) is 5.12. The summed E-state index contributed by atoms with van der Waals surface area (Å²) in [6.45, 7) is 5.49. The van der Waals surface area contributed by atoms with Crippen LogP contribution in [0.2, 0.25) is 0 Å². The lowest BCUT2D eigenvalue weighted by atomic mass is 9.32. The minimum Gasteiger partial charge on any atom is -0.478 e. The van der Waals surface area contributed by atoms with Crippen molar-refractivity contribution >= 4 is 29.6 Å². The van der Waals surface area contributed by atoms with Crippen LogP contribution in [0.25, 0.3) is 6.08 Å². The molecule has 4 spiro atoms. The highest BCUT2D eigenvalue weighted by molar-refractivity contribution is 6.02. The number of aliphatic hydroxyl groups excluding tert-OH is 1. The number of rotatable bonds is 6. The van der Waals surface area contributed by atoms with E-state index in [-0.39, 0.29) is 35.9 Å². The number of benzene rings is 1. The van der Waals surface area contributed by atoms with Crippen molar-refractivity contribution in [1.29, 1.82) is 0 Å². The Bertz CT molecular complexity index is 2300. The second kappa shape index (κ2) is 13.7. The van der Waals surface area contributed by atoms with Crippen LogP contribution in [0.3, 0.4) is 0 Å². The van der Waals surface area contributed by atoms with E-state index in [0.29, 0.717) is 56.1 Å². The summed E-state index contributed by atoms with van der Waals surface area (Å²) in [5.41, 5.74) is 6.06. The third-order valence-electron chi connectivity index (χ3n) is 17.6. The standard InChI is InChI=1S/C50H59N3O7/c1-30(42(57)58)27-35(54)38-31(2)46(24-17-34(38)53-43(51)52)29-48(59)25-26-49(60)33(16-15-32-13-7-4-8-14-32)40-44(3)19-9-5-12-22-50(48)41(49)39-36(55)28-47(46,50)21-11-6-10-20-45(39,40)23-18-37(44)56/h4,7-8,13-17,24-27,31,33-35,38,40,54,59-60H,6,10-12,18-23,28-29H2,1-3H3,(H,57,58)(H4,51,52,53). The van der Waals surface area contributed by atoms with Crippen LogP contribution in [0, 0.1) is 62.6 Å². The summed E-state index contributed by atoms with van der Waals surface area (Å²) in [6.07, 6.45) is 17.7. The average Bonchev–Trinajstić information content (AvgIpc) is 3.37. The van der Waals surface area contributed by atoms with Crippen LogP contribution in [0.4, 0.5) is 0 Å². The number of carbonyl (C=O) groups is 3. The first-order chi connectivity index (χ1) is 28.5. The number of hydrogen-bond donors (Lipinski definition) is 6. The van der Waals surface area contributed by atoms with E-state index in [1.165, 1.54) is 13.0 Å². The summed E-state index contributed by atoms with van der Waals surface area (Å²) in [4.78, 5) is 47.2. The summed E-state index contributed by atoms with van der Waals surface area (Å²) < 4.78 is 0. The fourth-order valence-corrected chi connectivity index (χ4v) is 15.4. The Hall–Kier alpha value is -4.56. The number of aliphatic carboxylic acids is 1. The molecule has 0 amide bonds. The van der Waals surface area contributed by atoms with E-state index in [2.05, 4.69) is 29.0 Å². The molecule has 316 valence electrons. The van der Waals surface area contributed by atoms with Gasteiger partial charge >= 0.3 is 5.97 Å². The zero-order valence-corrected chi connectivity index (χ0v) is 35.0. The number of nitrogens with zero attached hydrogens (tertiary/aromatic N) is 1. The number of carboxylic acid groups (broad SMARTS) is 1. The maximum absolute atomic E-state index is 16.0. The Labute approximate surface area is 352 Å². The lowest BCUT2D eigenvalue weighted by Gasteiger charge is -2.71. The Kier molecular flexibility index (Phi) is 9.34. The number of allylic oxidation sites excluding steroid dienone is 2. The van der Waals surface area contributed by atoms with E-state index in [4.69, 9.17) is 11.5 Å². The monoisotopic (exact) mass is 813 g/mol. The highest BCUT2D eigenvalue weighted by atomic mass is 16.4. The summed E-state index contributed by atoms with van der Waals surface area (Å²) in [7, 11) is 0. The molecule has 9 rings (SSSR count). The quantitative estimate of drug-likeness (QED) is 0.0659. The molecule has 8 aliphatic rings. The number of Topliss-reactive ketones (excluding diaryl/α,β-unsaturated/α-hetero) is 2. The number of fused-ring (bicyclic) bond motifs is 1. The van der Waals surface area contributed by atoms with Crippen molar-refractivity contribution in [3.8, 4) is 11.8 Å². The Morgan fingerprint density at radius 2 is 1.75 bits per heavy atom. The van der Waals surface area contributed by atoms with E-state index in [1.807, 2.05) is 62.4 Å². The van der Waals surface area contributed by atoms with Crippen LogP contribution in [-0.4, -0.2) is 67.3 Å². The molecule has 3 saturated carbocycles. The van der Waals surface area contributed by atoms with E-state index in [0.717, 1.165) is 24.8 Å². The van der Waals surface area contributed by atoms with Gasteiger partial charge in [0.15, 0.2) is 11.7 Å². The van der Waals surface area contributed by atoms with Crippen molar-refractivity contribution in [3.63, 3.8) is 0 Å². The van der Waals surface area contributed by atoms with E-state index < -0.39 is 80.1 Å². The van der Waals surface area contributed by atoms with Crippen LogP contribution in [0.15, 0.2) is 88.5 Å². The molecule has 8 aliphatic carbocycles. The van der Waals surface area contributed by atoms with Crippen LogP contribution in [-0.2, 0) is 14.4 Å². The van der Waals surface area contributed by atoms with E-state index in [1.54, 1.807) is 6.08 Å². The van der Waals surface area contributed by atoms with Gasteiger partial charge in [-0.25, -0.2) is 9.79 Å². The van der Waals surface area contributed by atoms with Crippen LogP contribution in [0.5, 0.6) is 0 Å². The lowest BCUT2D eigenvalue weighted by Crippen LogP contribution is -2.72. The molecule has 0 heterocycles. The fraction of sp³-hybridized carbons (Fsp3) is 0.560. The average molecular weight is 814 g/mol. The lowest BCUT2D eigenvalue weighted by molar-refractivity contribution is -0.177. The van der Waals surface area contributed by atoms with Crippen molar-refractivity contribution in [2.75, 3.05) is 0 Å². The normalized spacial score (nSPS) is 44.4. The van der Waals surface area contributed by atoms with Gasteiger partial charge in [-0.05, 0) is 79.6 Å². The Morgan fingerprint density at radius 1 is 1.00 bits per heavy atom. The summed E-state index contributed by atoms with van der Waals surface area (Å²) in [5, 5.41) is 50.0. The number of guanidine groups is 1. The van der Waals surface area contributed by atoms with E-state index in [9.17, 15) is 30.0 Å². The molecule has 13 atom stereocenters. The van der Waals surface area contributed by atoms with E-state index >= 15 is 4.79 Å². The number of aliphatic hydroxyl groups is 3. The van der Waals surface area contributed by atoms with Crippen LogP contribution >= 0.6 is 0 Å². The maximum Gasteiger partial charge on any atom is 0.331 e. The number of ketones is 2. The molecule has 6 bridgehead atoms. The first-order valence-electron chi connectivity index (χ1n) is 22.0. The SMILES string of the molecule is CC(=CC(O)C1C(N=C(N)N)C=CC2(CC3(O)C=CC4(O)C5=C6C(=O)CC27CCCCCC62CCC(=O)C(C)(CC#CCCC537)C2C4C=Cc2ccccc2)C1C)C(=O)O. The highest BCUT2D eigenvalue weighted by Crippen LogP contribution is 2.85. The largest absolute Gasteiger partial charge is 0.478 e. The first kappa shape index (κ1) is 40.8. The third-order valence-corrected chi connectivity index (χ3v) is 17.6.